The number of furan rings is 1. The van der Waals surface area contributed by atoms with Crippen molar-refractivity contribution in [1.82, 2.24) is 29.6 Å². The number of amides is 1. The SMILES string of the molecule is COc1cccc(OC)c1-n1c(NS(=O)(=O)[C@H]2C[C@H](C(=O)N3CCC3)CN(c3ncc(F)cn3)C2)nnc1-c1ccc(C)o1. The molecule has 5 heterocycles. The third-order valence-corrected chi connectivity index (χ3v) is 9.43. The first-order chi connectivity index (χ1) is 21.2. The zero-order valence-corrected chi connectivity index (χ0v) is 25.1. The number of likely N-dealkylation sites (tertiary alicyclic amines) is 1. The van der Waals surface area contributed by atoms with E-state index in [-0.39, 0.29) is 43.1 Å². The summed E-state index contributed by atoms with van der Waals surface area (Å²) in [6.07, 6.45) is 2.96. The number of sulfonamides is 1. The summed E-state index contributed by atoms with van der Waals surface area (Å²) < 4.78 is 62.9. The number of rotatable bonds is 9. The van der Waals surface area contributed by atoms with Crippen molar-refractivity contribution in [2.24, 2.45) is 5.92 Å². The van der Waals surface area contributed by atoms with Gasteiger partial charge < -0.3 is 23.7 Å². The first-order valence-electron chi connectivity index (χ1n) is 13.9. The number of methoxy groups -OCH3 is 2. The predicted octanol–water partition coefficient (Wildman–Crippen LogP) is 2.65. The normalized spacial score (nSPS) is 18.5. The molecule has 0 unspecified atom stereocenters. The Hall–Kier alpha value is -4.73. The highest BCUT2D eigenvalue weighted by atomic mass is 32.2. The van der Waals surface area contributed by atoms with Crippen LogP contribution in [-0.2, 0) is 14.8 Å². The van der Waals surface area contributed by atoms with Gasteiger partial charge in [-0.25, -0.2) is 22.8 Å². The van der Waals surface area contributed by atoms with Crippen molar-refractivity contribution in [3.8, 4) is 28.8 Å². The second-order valence-electron chi connectivity index (χ2n) is 10.6. The summed E-state index contributed by atoms with van der Waals surface area (Å²) in [5.41, 5.74) is 0.347. The summed E-state index contributed by atoms with van der Waals surface area (Å²) in [4.78, 5) is 24.7. The first kappa shape index (κ1) is 29.3. The van der Waals surface area contributed by atoms with Gasteiger partial charge in [0, 0.05) is 26.2 Å². The zero-order chi connectivity index (χ0) is 31.0. The number of nitrogens with one attached hydrogen (secondary N) is 1. The van der Waals surface area contributed by atoms with Crippen molar-refractivity contribution < 1.29 is 31.5 Å². The van der Waals surface area contributed by atoms with E-state index < -0.39 is 27.0 Å². The number of benzene rings is 1. The molecule has 2 atom stereocenters. The number of carbonyl (C=O) groups excluding carboxylic acids is 1. The van der Waals surface area contributed by atoms with E-state index in [9.17, 15) is 17.6 Å². The number of aryl methyl sites for hydroxylation is 1. The maximum Gasteiger partial charge on any atom is 0.243 e. The molecule has 0 bridgehead atoms. The molecular formula is C28H31FN8O6S. The number of carbonyl (C=O) groups is 1. The Morgan fingerprint density at radius 3 is 2.34 bits per heavy atom. The minimum Gasteiger partial charge on any atom is -0.494 e. The van der Waals surface area contributed by atoms with Crippen LogP contribution >= 0.6 is 0 Å². The van der Waals surface area contributed by atoms with Gasteiger partial charge >= 0.3 is 0 Å². The maximum atomic E-state index is 14.1. The van der Waals surface area contributed by atoms with Gasteiger partial charge in [0.1, 0.15) is 22.9 Å². The molecule has 1 aromatic carbocycles. The van der Waals surface area contributed by atoms with E-state index in [1.54, 1.807) is 47.1 Å². The highest BCUT2D eigenvalue weighted by Crippen LogP contribution is 2.38. The van der Waals surface area contributed by atoms with Crippen LogP contribution in [0.5, 0.6) is 11.5 Å². The fraction of sp³-hybridized carbons (Fsp3) is 0.393. The number of aromatic nitrogens is 5. The number of ether oxygens (including phenoxy) is 2. The van der Waals surface area contributed by atoms with Crippen LogP contribution in [0.3, 0.4) is 0 Å². The van der Waals surface area contributed by atoms with Gasteiger partial charge in [0.05, 0.1) is 37.8 Å². The van der Waals surface area contributed by atoms with E-state index >= 15 is 0 Å². The average molecular weight is 627 g/mol. The number of para-hydroxylation sites is 1. The van der Waals surface area contributed by atoms with Crippen LogP contribution in [0.2, 0.25) is 0 Å². The molecule has 16 heteroatoms. The van der Waals surface area contributed by atoms with Crippen molar-refractivity contribution in [3.63, 3.8) is 0 Å². The Morgan fingerprint density at radius 1 is 1.05 bits per heavy atom. The zero-order valence-electron chi connectivity index (χ0n) is 24.3. The van der Waals surface area contributed by atoms with Crippen LogP contribution in [0.1, 0.15) is 18.6 Å². The van der Waals surface area contributed by atoms with Crippen molar-refractivity contribution >= 4 is 27.8 Å². The second-order valence-corrected chi connectivity index (χ2v) is 12.6. The quantitative estimate of drug-likeness (QED) is 0.291. The Morgan fingerprint density at radius 2 is 1.75 bits per heavy atom. The van der Waals surface area contributed by atoms with Crippen molar-refractivity contribution in [3.05, 3.63) is 54.3 Å². The van der Waals surface area contributed by atoms with Gasteiger partial charge in [-0.1, -0.05) is 6.07 Å². The molecule has 1 N–H and O–H groups in total. The van der Waals surface area contributed by atoms with E-state index in [1.807, 2.05) is 0 Å². The highest BCUT2D eigenvalue weighted by Gasteiger charge is 2.42. The second kappa shape index (κ2) is 11.7. The molecule has 4 aromatic rings. The van der Waals surface area contributed by atoms with E-state index in [0.717, 1.165) is 18.8 Å². The Kier molecular flexibility index (Phi) is 7.84. The van der Waals surface area contributed by atoms with Gasteiger partial charge in [-0.05, 0) is 44.0 Å². The highest BCUT2D eigenvalue weighted by molar-refractivity contribution is 7.93. The van der Waals surface area contributed by atoms with Crippen molar-refractivity contribution in [2.45, 2.75) is 25.0 Å². The molecule has 6 rings (SSSR count). The van der Waals surface area contributed by atoms with Crippen molar-refractivity contribution in [2.75, 3.05) is 50.0 Å². The molecule has 3 aromatic heterocycles. The molecule has 44 heavy (non-hydrogen) atoms. The van der Waals surface area contributed by atoms with Crippen LogP contribution in [0.4, 0.5) is 16.3 Å². The van der Waals surface area contributed by atoms with E-state index in [0.29, 0.717) is 41.8 Å². The monoisotopic (exact) mass is 626 g/mol. The number of nitrogens with zero attached hydrogens (tertiary/aromatic N) is 7. The van der Waals surface area contributed by atoms with Gasteiger partial charge in [-0.2, -0.15) is 0 Å². The Balaban J connectivity index is 1.40. The molecule has 2 aliphatic heterocycles. The molecule has 14 nitrogen and oxygen atoms in total. The summed E-state index contributed by atoms with van der Waals surface area (Å²) in [7, 11) is -1.27. The molecule has 0 saturated carbocycles. The molecule has 0 radical (unpaired) electrons. The van der Waals surface area contributed by atoms with Crippen LogP contribution in [0.25, 0.3) is 17.3 Å². The standard InChI is InChI=1S/C28H31FN8O6S/c1-17-8-9-23(43-17)25-32-33-28(37(25)24-21(41-2)6-4-7-22(24)42-3)34-44(39,40)20-12-18(26(38)35-10-5-11-35)15-36(16-20)27-30-13-19(29)14-31-27/h4,6-9,13-14,18,20H,5,10-12,15-16H2,1-3H3,(H,33,34)/t18-,20-/m0/s1. The molecule has 2 saturated heterocycles. The number of piperidine rings is 1. The largest absolute Gasteiger partial charge is 0.494 e. The topological polar surface area (TPSA) is 158 Å². The molecular weight excluding hydrogens is 595 g/mol. The fourth-order valence-electron chi connectivity index (χ4n) is 5.42. The van der Waals surface area contributed by atoms with Gasteiger partial charge in [0.2, 0.25) is 33.7 Å². The lowest BCUT2D eigenvalue weighted by molar-refractivity contribution is -0.139. The average Bonchev–Trinajstić information content (AvgIpc) is 3.61. The summed E-state index contributed by atoms with van der Waals surface area (Å²) >= 11 is 0. The Labute approximate surface area is 252 Å². The predicted molar refractivity (Wildman–Crippen MR) is 157 cm³/mol. The van der Waals surface area contributed by atoms with Gasteiger partial charge in [-0.3, -0.25) is 14.1 Å². The van der Waals surface area contributed by atoms with Crippen LogP contribution in [-0.4, -0.2) is 89.6 Å². The molecule has 0 aliphatic carbocycles. The van der Waals surface area contributed by atoms with Crippen LogP contribution < -0.4 is 19.1 Å². The lowest BCUT2D eigenvalue weighted by Gasteiger charge is -2.40. The summed E-state index contributed by atoms with van der Waals surface area (Å²) in [6, 6.07) is 8.57. The maximum absolute atomic E-state index is 14.1. The number of anilines is 2. The lowest BCUT2D eigenvalue weighted by atomic mass is 9.95. The minimum absolute atomic E-state index is 0.0406. The van der Waals surface area contributed by atoms with Gasteiger partial charge in [0.25, 0.3) is 0 Å². The molecule has 2 aliphatic rings. The number of hydrogen-bond donors (Lipinski definition) is 1. The lowest BCUT2D eigenvalue weighted by Crippen LogP contribution is -2.55. The van der Waals surface area contributed by atoms with Gasteiger partial charge in [0.15, 0.2) is 11.6 Å². The van der Waals surface area contributed by atoms with Gasteiger partial charge in [-0.15, -0.1) is 10.2 Å². The summed E-state index contributed by atoms with van der Waals surface area (Å²) in [5, 5.41) is 7.38. The number of hydrogen-bond acceptors (Lipinski definition) is 11. The number of halogens is 1. The molecule has 2 fully saturated rings. The van der Waals surface area contributed by atoms with Crippen LogP contribution in [0.15, 0.2) is 47.1 Å². The first-order valence-corrected chi connectivity index (χ1v) is 15.5. The van der Waals surface area contributed by atoms with E-state index in [4.69, 9.17) is 13.9 Å². The Bertz CT molecular complexity index is 1750. The minimum atomic E-state index is -4.23. The van der Waals surface area contributed by atoms with Crippen molar-refractivity contribution in [1.29, 1.82) is 0 Å². The summed E-state index contributed by atoms with van der Waals surface area (Å²) in [5.74, 6) is 0.473. The smallest absolute Gasteiger partial charge is 0.243 e. The molecule has 0 spiro atoms. The third-order valence-electron chi connectivity index (χ3n) is 7.74. The summed E-state index contributed by atoms with van der Waals surface area (Å²) in [6.45, 7) is 3.17. The van der Waals surface area contributed by atoms with E-state index in [2.05, 4.69) is 24.9 Å². The third kappa shape index (κ3) is 5.52. The molecule has 1 amide bonds. The van der Waals surface area contributed by atoms with Crippen LogP contribution in [0, 0.1) is 18.7 Å². The fourth-order valence-corrected chi connectivity index (χ4v) is 6.84. The van der Waals surface area contributed by atoms with E-state index in [1.165, 1.54) is 18.8 Å². The molecule has 232 valence electrons.